The van der Waals surface area contributed by atoms with Crippen LogP contribution in [0.3, 0.4) is 0 Å². The molecule has 6 heteroatoms. The van der Waals surface area contributed by atoms with E-state index in [9.17, 15) is 9.59 Å². The van der Waals surface area contributed by atoms with E-state index in [1.807, 2.05) is 4.90 Å². The van der Waals surface area contributed by atoms with Gasteiger partial charge < -0.3 is 9.88 Å². The first-order valence-corrected chi connectivity index (χ1v) is 10.4. The van der Waals surface area contributed by atoms with Crippen molar-refractivity contribution in [3.63, 3.8) is 0 Å². The van der Waals surface area contributed by atoms with Gasteiger partial charge in [-0.2, -0.15) is 0 Å². The third-order valence-electron chi connectivity index (χ3n) is 6.23. The van der Waals surface area contributed by atoms with Crippen molar-refractivity contribution in [2.24, 2.45) is 17.8 Å². The molecule has 3 atom stereocenters. The zero-order valence-corrected chi connectivity index (χ0v) is 16.5. The van der Waals surface area contributed by atoms with Crippen molar-refractivity contribution < 1.29 is 4.79 Å². The molecule has 2 saturated carbocycles. The molecule has 2 aliphatic carbocycles. The number of halogens is 1. The first-order chi connectivity index (χ1) is 13.0. The Balaban J connectivity index is 1.51. The summed E-state index contributed by atoms with van der Waals surface area (Å²) in [6, 6.07) is 5.05. The normalized spacial score (nSPS) is 23.9. The van der Waals surface area contributed by atoms with Crippen molar-refractivity contribution in [1.82, 2.24) is 14.9 Å². The van der Waals surface area contributed by atoms with E-state index in [0.29, 0.717) is 47.2 Å². The number of hydrogen-bond acceptors (Lipinski definition) is 3. The molecule has 4 rings (SSSR count). The lowest BCUT2D eigenvalue weighted by Gasteiger charge is -2.26. The number of nitrogens with one attached hydrogen (secondary N) is 1. The number of rotatable bonds is 6. The monoisotopic (exact) mass is 387 g/mol. The SMILES string of the molecule is CCCN(Cc1nc2cc(Cl)ccc2c(=O)[nH]1)C(=O)C[C@H]1C[C@H]2CC[C@H]1C2. The Labute approximate surface area is 164 Å². The number of amides is 1. The van der Waals surface area contributed by atoms with Crippen molar-refractivity contribution in [2.45, 2.75) is 52.0 Å². The number of carbonyl (C=O) groups excluding carboxylic acids is 1. The number of aromatic amines is 1. The Kier molecular flexibility index (Phi) is 5.22. The van der Waals surface area contributed by atoms with E-state index in [1.165, 1.54) is 25.7 Å². The molecule has 2 fully saturated rings. The van der Waals surface area contributed by atoms with E-state index in [2.05, 4.69) is 16.9 Å². The van der Waals surface area contributed by atoms with Crippen LogP contribution in [0.4, 0.5) is 0 Å². The van der Waals surface area contributed by atoms with E-state index < -0.39 is 0 Å². The van der Waals surface area contributed by atoms with Gasteiger partial charge in [-0.25, -0.2) is 4.98 Å². The molecule has 0 unspecified atom stereocenters. The van der Waals surface area contributed by atoms with Gasteiger partial charge >= 0.3 is 0 Å². The Morgan fingerprint density at radius 2 is 2.19 bits per heavy atom. The number of nitrogens with zero attached hydrogens (tertiary/aromatic N) is 2. The lowest BCUT2D eigenvalue weighted by atomic mass is 9.86. The van der Waals surface area contributed by atoms with Gasteiger partial charge in [-0.1, -0.05) is 24.9 Å². The molecule has 5 nitrogen and oxygen atoms in total. The standard InChI is InChI=1S/C21H26ClN3O2/c1-2-7-25(20(26)10-15-9-13-3-4-14(15)8-13)12-19-23-18-11-16(22)5-6-17(18)21(27)24-19/h5-6,11,13-15H,2-4,7-10,12H2,1H3,(H,23,24,27)/t13-,14-,15+/m0/s1. The van der Waals surface area contributed by atoms with Crippen LogP contribution in [-0.4, -0.2) is 27.3 Å². The Morgan fingerprint density at radius 3 is 2.89 bits per heavy atom. The summed E-state index contributed by atoms with van der Waals surface area (Å²) in [5.74, 6) is 2.82. The van der Waals surface area contributed by atoms with Crippen molar-refractivity contribution in [1.29, 1.82) is 0 Å². The summed E-state index contributed by atoms with van der Waals surface area (Å²) in [6.07, 6.45) is 6.67. The molecule has 1 aromatic heterocycles. The van der Waals surface area contributed by atoms with Crippen LogP contribution >= 0.6 is 11.6 Å². The molecule has 1 heterocycles. The second-order valence-corrected chi connectivity index (χ2v) is 8.56. The topological polar surface area (TPSA) is 66.1 Å². The van der Waals surface area contributed by atoms with E-state index in [4.69, 9.17) is 11.6 Å². The molecule has 1 aromatic carbocycles. The zero-order chi connectivity index (χ0) is 19.0. The van der Waals surface area contributed by atoms with Crippen LogP contribution in [0.1, 0.15) is 51.3 Å². The van der Waals surface area contributed by atoms with E-state index in [0.717, 1.165) is 18.3 Å². The second-order valence-electron chi connectivity index (χ2n) is 8.13. The molecule has 2 aliphatic rings. The molecule has 144 valence electrons. The minimum Gasteiger partial charge on any atom is -0.335 e. The summed E-state index contributed by atoms with van der Waals surface area (Å²) >= 11 is 6.04. The lowest BCUT2D eigenvalue weighted by molar-refractivity contribution is -0.133. The van der Waals surface area contributed by atoms with Crippen LogP contribution in [0.25, 0.3) is 10.9 Å². The molecule has 0 saturated heterocycles. The van der Waals surface area contributed by atoms with Crippen LogP contribution in [0.5, 0.6) is 0 Å². The Hall–Kier alpha value is -1.88. The summed E-state index contributed by atoms with van der Waals surface area (Å²) < 4.78 is 0. The maximum Gasteiger partial charge on any atom is 0.258 e. The van der Waals surface area contributed by atoms with Crippen LogP contribution in [-0.2, 0) is 11.3 Å². The van der Waals surface area contributed by atoms with Crippen LogP contribution in [0, 0.1) is 17.8 Å². The predicted molar refractivity (Wildman–Crippen MR) is 107 cm³/mol. The summed E-state index contributed by atoms with van der Waals surface area (Å²) in [5.41, 5.74) is 0.377. The minimum absolute atomic E-state index is 0.184. The number of fused-ring (bicyclic) bond motifs is 3. The van der Waals surface area contributed by atoms with Gasteiger partial charge in [-0.15, -0.1) is 0 Å². The first-order valence-electron chi connectivity index (χ1n) is 9.99. The molecule has 2 bridgehead atoms. The summed E-state index contributed by atoms with van der Waals surface area (Å²) in [4.78, 5) is 34.5. The number of aromatic nitrogens is 2. The fourth-order valence-electron chi connectivity index (χ4n) is 4.96. The number of benzene rings is 1. The molecule has 1 amide bonds. The van der Waals surface area contributed by atoms with Gasteiger partial charge in [0.2, 0.25) is 5.91 Å². The van der Waals surface area contributed by atoms with Crippen molar-refractivity contribution in [3.8, 4) is 0 Å². The lowest BCUT2D eigenvalue weighted by Crippen LogP contribution is -2.34. The van der Waals surface area contributed by atoms with Gasteiger partial charge in [0.1, 0.15) is 5.82 Å². The van der Waals surface area contributed by atoms with E-state index in [-0.39, 0.29) is 11.5 Å². The molecule has 2 aromatic rings. The summed E-state index contributed by atoms with van der Waals surface area (Å²) in [6.45, 7) is 3.08. The minimum atomic E-state index is -0.191. The Morgan fingerprint density at radius 1 is 1.33 bits per heavy atom. The van der Waals surface area contributed by atoms with Crippen LogP contribution < -0.4 is 5.56 Å². The second kappa shape index (κ2) is 7.63. The van der Waals surface area contributed by atoms with Gasteiger partial charge in [0, 0.05) is 18.0 Å². The number of carbonyl (C=O) groups is 1. The summed E-state index contributed by atoms with van der Waals surface area (Å²) in [7, 11) is 0. The molecule has 0 radical (unpaired) electrons. The van der Waals surface area contributed by atoms with Crippen LogP contribution in [0.2, 0.25) is 5.02 Å². The fourth-order valence-corrected chi connectivity index (χ4v) is 5.12. The van der Waals surface area contributed by atoms with Gasteiger partial charge in [0.15, 0.2) is 0 Å². The van der Waals surface area contributed by atoms with Gasteiger partial charge in [-0.3, -0.25) is 9.59 Å². The smallest absolute Gasteiger partial charge is 0.258 e. The third kappa shape index (κ3) is 3.88. The highest BCUT2D eigenvalue weighted by Crippen LogP contribution is 2.49. The van der Waals surface area contributed by atoms with E-state index >= 15 is 0 Å². The largest absolute Gasteiger partial charge is 0.335 e. The molecular weight excluding hydrogens is 362 g/mol. The maximum absolute atomic E-state index is 13.0. The molecule has 27 heavy (non-hydrogen) atoms. The van der Waals surface area contributed by atoms with Gasteiger partial charge in [0.25, 0.3) is 5.56 Å². The first kappa shape index (κ1) is 18.5. The highest BCUT2D eigenvalue weighted by atomic mass is 35.5. The van der Waals surface area contributed by atoms with Crippen molar-refractivity contribution >= 4 is 28.4 Å². The molecule has 1 N–H and O–H groups in total. The number of H-pyrrole nitrogens is 1. The average Bonchev–Trinajstić information content (AvgIpc) is 3.24. The van der Waals surface area contributed by atoms with E-state index in [1.54, 1.807) is 18.2 Å². The summed E-state index contributed by atoms with van der Waals surface area (Å²) in [5, 5.41) is 1.06. The van der Waals surface area contributed by atoms with Gasteiger partial charge in [-0.05, 0) is 61.6 Å². The molecule has 0 aliphatic heterocycles. The maximum atomic E-state index is 13.0. The number of hydrogen-bond donors (Lipinski definition) is 1. The predicted octanol–water partition coefficient (Wildman–Crippen LogP) is 4.14. The van der Waals surface area contributed by atoms with Crippen molar-refractivity contribution in [3.05, 3.63) is 39.4 Å². The van der Waals surface area contributed by atoms with Gasteiger partial charge in [0.05, 0.1) is 17.4 Å². The molecular formula is C21H26ClN3O2. The average molecular weight is 388 g/mol. The van der Waals surface area contributed by atoms with Crippen LogP contribution in [0.15, 0.2) is 23.0 Å². The highest BCUT2D eigenvalue weighted by molar-refractivity contribution is 6.31. The molecule has 0 spiro atoms. The third-order valence-corrected chi connectivity index (χ3v) is 6.46. The highest BCUT2D eigenvalue weighted by Gasteiger charge is 2.40. The fraction of sp³-hybridized carbons (Fsp3) is 0.571. The van der Waals surface area contributed by atoms with Crippen molar-refractivity contribution in [2.75, 3.05) is 6.54 Å². The quantitative estimate of drug-likeness (QED) is 0.809. The Bertz CT molecular complexity index is 910. The zero-order valence-electron chi connectivity index (χ0n) is 15.7.